The molecule has 10 heteroatoms. The Morgan fingerprint density at radius 3 is 2.65 bits per heavy atom. The van der Waals surface area contributed by atoms with Crippen molar-refractivity contribution in [1.29, 1.82) is 0 Å². The molecular formula is C21H16ClFN2O6. The quantitative estimate of drug-likeness (QED) is 0.585. The zero-order valence-corrected chi connectivity index (χ0v) is 16.8. The lowest BCUT2D eigenvalue weighted by atomic mass is 9.82. The number of amides is 1. The van der Waals surface area contributed by atoms with Crippen LogP contribution in [0.15, 0.2) is 53.5 Å². The van der Waals surface area contributed by atoms with Gasteiger partial charge in [-0.3, -0.25) is 10.3 Å². The van der Waals surface area contributed by atoms with Crippen LogP contribution in [0.2, 0.25) is 5.02 Å². The van der Waals surface area contributed by atoms with Crippen LogP contribution in [0.1, 0.15) is 12.5 Å². The first-order valence-corrected chi connectivity index (χ1v) is 9.35. The molecule has 8 nitrogen and oxygen atoms in total. The van der Waals surface area contributed by atoms with Gasteiger partial charge in [0.1, 0.15) is 5.82 Å². The van der Waals surface area contributed by atoms with Crippen molar-refractivity contribution >= 4 is 40.9 Å². The van der Waals surface area contributed by atoms with E-state index in [0.29, 0.717) is 0 Å². The Balaban J connectivity index is 2.30. The predicted octanol–water partition coefficient (Wildman–Crippen LogP) is 2.45. The number of carboxylic acids is 2. The molecule has 0 spiro atoms. The highest BCUT2D eigenvalue weighted by Gasteiger charge is 2.46. The van der Waals surface area contributed by atoms with Gasteiger partial charge in [-0.25, -0.2) is 18.8 Å². The van der Waals surface area contributed by atoms with Crippen LogP contribution in [0.3, 0.4) is 0 Å². The molecule has 1 aliphatic heterocycles. The summed E-state index contributed by atoms with van der Waals surface area (Å²) in [5.74, 6) is -3.52. The van der Waals surface area contributed by atoms with Crippen molar-refractivity contribution in [2.24, 2.45) is 4.99 Å². The molecule has 0 aliphatic carbocycles. The molecule has 160 valence electrons. The number of carbonyl (C=O) groups is 3. The minimum atomic E-state index is -2.13. The number of nitrogens with zero attached hydrogens (tertiary/aromatic N) is 1. The minimum Gasteiger partial charge on any atom is -0.479 e. The van der Waals surface area contributed by atoms with Crippen LogP contribution in [0.25, 0.3) is 5.57 Å². The Bertz CT molecular complexity index is 1240. The van der Waals surface area contributed by atoms with E-state index in [4.69, 9.17) is 21.4 Å². The number of benzene rings is 2. The van der Waals surface area contributed by atoms with Crippen molar-refractivity contribution in [3.8, 4) is 0 Å². The molecule has 1 amide bonds. The molecular weight excluding hydrogens is 431 g/mol. The lowest BCUT2D eigenvalue weighted by Crippen LogP contribution is -2.34. The maximum atomic E-state index is 14.0. The zero-order chi connectivity index (χ0) is 22.8. The number of anilines is 1. The maximum absolute atomic E-state index is 14.0. The fraction of sp³-hybridized carbons (Fsp3) is 0.143. The molecule has 1 heterocycles. The number of carboxylic acid groups (broad SMARTS) is 2. The number of nitrogens with one attached hydrogen (secondary N) is 1. The number of rotatable bonds is 6. The van der Waals surface area contributed by atoms with Gasteiger partial charge in [0.05, 0.1) is 17.0 Å². The number of aliphatic carboxylic acids is 2. The average Bonchev–Trinajstić information content (AvgIpc) is 3.02. The smallest absolute Gasteiger partial charge is 0.411 e. The summed E-state index contributed by atoms with van der Waals surface area (Å²) in [7, 11) is 0. The summed E-state index contributed by atoms with van der Waals surface area (Å²) in [5.41, 5.74) is -1.90. The number of ether oxygens (including phenoxy) is 1. The standard InChI is InChI=1S/C21H16ClFN2O6/c1-2-31-20(30)24-13-5-3-4-11(8-13)21(19(28)29)15(6-7-17(26)27)14-9-12(23)10-16(22)18(14)25-21/h3-10H,2H2,1H3,(H,24,30)(H,26,27)(H,28,29). The summed E-state index contributed by atoms with van der Waals surface area (Å²) in [6.07, 6.45) is 1.04. The third kappa shape index (κ3) is 4.13. The van der Waals surface area contributed by atoms with Gasteiger partial charge in [0.15, 0.2) is 0 Å². The van der Waals surface area contributed by atoms with Crippen molar-refractivity contribution in [3.63, 3.8) is 0 Å². The number of halogens is 2. The lowest BCUT2D eigenvalue weighted by molar-refractivity contribution is -0.141. The Labute approximate surface area is 179 Å². The van der Waals surface area contributed by atoms with E-state index in [1.54, 1.807) is 6.92 Å². The second-order valence-corrected chi connectivity index (χ2v) is 6.83. The van der Waals surface area contributed by atoms with Gasteiger partial charge in [-0.1, -0.05) is 23.7 Å². The number of fused-ring (bicyclic) bond motifs is 1. The fourth-order valence-electron chi connectivity index (χ4n) is 3.29. The highest BCUT2D eigenvalue weighted by molar-refractivity contribution is 6.30. The Kier molecular flexibility index (Phi) is 6.07. The average molecular weight is 447 g/mol. The van der Waals surface area contributed by atoms with E-state index in [1.807, 2.05) is 0 Å². The van der Waals surface area contributed by atoms with Crippen LogP contribution in [0, 0.1) is 5.82 Å². The van der Waals surface area contributed by atoms with Crippen molar-refractivity contribution in [2.45, 2.75) is 12.5 Å². The number of hydrogen-bond acceptors (Lipinski definition) is 5. The number of hydrogen-bond donors (Lipinski definition) is 3. The number of carbonyl (C=O) groups excluding carboxylic acids is 1. The zero-order valence-electron chi connectivity index (χ0n) is 16.1. The molecule has 0 fully saturated rings. The van der Waals surface area contributed by atoms with Crippen LogP contribution in [-0.4, -0.2) is 34.9 Å². The highest BCUT2D eigenvalue weighted by atomic mass is 35.5. The third-order valence-electron chi connectivity index (χ3n) is 4.49. The van der Waals surface area contributed by atoms with E-state index < -0.39 is 29.4 Å². The van der Waals surface area contributed by atoms with Crippen molar-refractivity contribution < 1.29 is 33.7 Å². The molecule has 2 aromatic rings. The predicted molar refractivity (Wildman–Crippen MR) is 109 cm³/mol. The molecule has 3 rings (SSSR count). The van der Waals surface area contributed by atoms with E-state index in [-0.39, 0.29) is 39.0 Å². The molecule has 1 aliphatic rings. The summed E-state index contributed by atoms with van der Waals surface area (Å²) in [5, 5.41) is 21.7. The van der Waals surface area contributed by atoms with E-state index in [2.05, 4.69) is 10.3 Å². The second kappa shape index (κ2) is 8.57. The summed E-state index contributed by atoms with van der Waals surface area (Å²) >= 11 is 6.10. The van der Waals surface area contributed by atoms with Gasteiger partial charge in [0.25, 0.3) is 0 Å². The van der Waals surface area contributed by atoms with Crippen LogP contribution in [0.5, 0.6) is 0 Å². The topological polar surface area (TPSA) is 125 Å². The van der Waals surface area contributed by atoms with Crippen LogP contribution >= 0.6 is 11.6 Å². The lowest BCUT2D eigenvalue weighted by Gasteiger charge is -2.25. The molecule has 0 aromatic heterocycles. The van der Waals surface area contributed by atoms with Gasteiger partial charge in [-0.15, -0.1) is 0 Å². The van der Waals surface area contributed by atoms with Crippen LogP contribution < -0.4 is 15.9 Å². The van der Waals surface area contributed by atoms with E-state index in [1.165, 1.54) is 24.3 Å². The summed E-state index contributed by atoms with van der Waals surface area (Å²) < 4.78 is 18.9. The van der Waals surface area contributed by atoms with Crippen LogP contribution in [-0.2, 0) is 19.9 Å². The van der Waals surface area contributed by atoms with Gasteiger partial charge in [-0.2, -0.15) is 0 Å². The molecule has 1 unspecified atom stereocenters. The second-order valence-electron chi connectivity index (χ2n) is 6.42. The van der Waals surface area contributed by atoms with Gasteiger partial charge in [0, 0.05) is 22.6 Å². The Morgan fingerprint density at radius 2 is 2.00 bits per heavy atom. The largest absolute Gasteiger partial charge is 0.479 e. The molecule has 2 aromatic carbocycles. The Hall–Kier alpha value is -3.72. The van der Waals surface area contributed by atoms with Crippen LogP contribution in [0.4, 0.5) is 14.9 Å². The first kappa shape index (κ1) is 22.0. The monoisotopic (exact) mass is 446 g/mol. The van der Waals surface area contributed by atoms with Crippen molar-refractivity contribution in [2.75, 3.05) is 11.9 Å². The normalized spacial score (nSPS) is 17.2. The maximum Gasteiger partial charge on any atom is 0.411 e. The molecule has 3 N–H and O–H groups in total. The first-order chi connectivity index (χ1) is 14.7. The minimum absolute atomic E-state index is 0.0132. The van der Waals surface area contributed by atoms with Gasteiger partial charge in [0.2, 0.25) is 5.54 Å². The molecule has 31 heavy (non-hydrogen) atoms. The molecule has 0 bridgehead atoms. The summed E-state index contributed by atoms with van der Waals surface area (Å²) in [6.45, 7) is 1.76. The first-order valence-electron chi connectivity index (χ1n) is 8.97. The van der Waals surface area contributed by atoms with Gasteiger partial charge in [-0.05, 0) is 42.8 Å². The molecule has 1 atom stereocenters. The highest BCUT2D eigenvalue weighted by Crippen LogP contribution is 2.38. The third-order valence-corrected chi connectivity index (χ3v) is 4.78. The molecule has 0 saturated heterocycles. The van der Waals surface area contributed by atoms with E-state index >= 15 is 0 Å². The van der Waals surface area contributed by atoms with E-state index in [9.17, 15) is 23.9 Å². The fourth-order valence-corrected chi connectivity index (χ4v) is 3.53. The van der Waals surface area contributed by atoms with Crippen molar-refractivity contribution in [3.05, 3.63) is 75.5 Å². The van der Waals surface area contributed by atoms with Gasteiger partial charge < -0.3 is 14.9 Å². The molecule has 0 saturated carbocycles. The van der Waals surface area contributed by atoms with E-state index in [0.717, 1.165) is 24.3 Å². The molecule has 0 radical (unpaired) electrons. The van der Waals surface area contributed by atoms with Gasteiger partial charge >= 0.3 is 18.0 Å². The van der Waals surface area contributed by atoms with Crippen molar-refractivity contribution in [1.82, 2.24) is 0 Å². The summed E-state index contributed by atoms with van der Waals surface area (Å²) in [6, 6.07) is 7.83. The Morgan fingerprint density at radius 1 is 1.26 bits per heavy atom. The SMILES string of the molecule is CCOC(=O)Nc1cccc(C2(C(=O)O)N=c3c(Cl)cc(F)cc3=C2C=CC(=O)O)c1. The summed E-state index contributed by atoms with van der Waals surface area (Å²) in [4.78, 5) is 39.7.